The molecule has 0 aliphatic rings. The van der Waals surface area contributed by atoms with E-state index in [1.165, 1.54) is 37.4 Å². The fourth-order valence-electron chi connectivity index (χ4n) is 3.18. The molecular formula is C26H33BrO4S2. The summed E-state index contributed by atoms with van der Waals surface area (Å²) >= 11 is 3.93. The Morgan fingerprint density at radius 1 is 1.18 bits per heavy atom. The molecule has 1 aromatic heterocycles. The van der Waals surface area contributed by atoms with Crippen LogP contribution in [0.3, 0.4) is 0 Å². The van der Waals surface area contributed by atoms with E-state index in [4.69, 9.17) is 13.9 Å². The Bertz CT molecular complexity index is 1030. The van der Waals surface area contributed by atoms with Crippen molar-refractivity contribution in [1.82, 2.24) is 0 Å². The van der Waals surface area contributed by atoms with Gasteiger partial charge in [0.05, 0.1) is 17.8 Å². The number of para-hydroxylation sites is 1. The summed E-state index contributed by atoms with van der Waals surface area (Å²) in [6.45, 7) is 4.83. The molecule has 0 aliphatic heterocycles. The second-order valence-electron chi connectivity index (χ2n) is 7.41. The first kappa shape index (κ1) is 27.7. The van der Waals surface area contributed by atoms with E-state index in [2.05, 4.69) is 29.8 Å². The number of furan rings is 1. The molecular weight excluding hydrogens is 520 g/mol. The van der Waals surface area contributed by atoms with E-state index in [1.807, 2.05) is 48.7 Å². The van der Waals surface area contributed by atoms with Crippen molar-refractivity contribution in [3.05, 3.63) is 62.5 Å². The molecule has 0 spiro atoms. The number of thioether (sulfide) groups is 1. The number of halogens is 1. The van der Waals surface area contributed by atoms with Crippen LogP contribution in [0.4, 0.5) is 0 Å². The minimum absolute atomic E-state index is 0.366. The second-order valence-corrected chi connectivity index (χ2v) is 10.7. The standard InChI is InChI=1S/C20H19BrO4S2.C6H14/c1-23-17-6-4-5-14(11-18(26-2)27(3)22)20(17)25-12-13-9-15-7-8-24-19(15)16(21)10-13;1-3-5-6-4-2/h4-11H,12H2,1-3H3;3-6H2,1-2H3. The van der Waals surface area contributed by atoms with Crippen molar-refractivity contribution in [3.8, 4) is 11.5 Å². The second kappa shape index (κ2) is 14.7. The van der Waals surface area contributed by atoms with Crippen LogP contribution in [0.1, 0.15) is 50.7 Å². The number of ether oxygens (including phenoxy) is 2. The largest absolute Gasteiger partial charge is 0.611 e. The first-order chi connectivity index (χ1) is 15.9. The minimum Gasteiger partial charge on any atom is -0.611 e. The molecule has 4 nitrogen and oxygen atoms in total. The highest BCUT2D eigenvalue weighted by atomic mass is 79.9. The molecule has 0 amide bonds. The molecule has 33 heavy (non-hydrogen) atoms. The van der Waals surface area contributed by atoms with Crippen molar-refractivity contribution in [2.24, 2.45) is 0 Å². The number of unbranched alkanes of at least 4 members (excludes halogenated alkanes) is 3. The van der Waals surface area contributed by atoms with Gasteiger partial charge in [-0.25, -0.2) is 0 Å². The Hall–Kier alpha value is -1.54. The highest BCUT2D eigenvalue weighted by molar-refractivity contribution is 9.10. The van der Waals surface area contributed by atoms with Gasteiger partial charge in [-0.2, -0.15) is 0 Å². The lowest BCUT2D eigenvalue weighted by atomic mass is 10.1. The maximum Gasteiger partial charge on any atom is 0.186 e. The maximum absolute atomic E-state index is 11.9. The predicted octanol–water partition coefficient (Wildman–Crippen LogP) is 8.41. The molecule has 7 heteroatoms. The van der Waals surface area contributed by atoms with Crippen LogP contribution in [0, 0.1) is 0 Å². The fourth-order valence-corrected chi connectivity index (χ4v) is 5.28. The summed E-state index contributed by atoms with van der Waals surface area (Å²) in [7, 11) is 1.61. The normalized spacial score (nSPS) is 12.3. The van der Waals surface area contributed by atoms with E-state index in [0.717, 1.165) is 30.8 Å². The number of fused-ring (bicyclic) bond motifs is 1. The van der Waals surface area contributed by atoms with E-state index < -0.39 is 11.2 Å². The number of benzene rings is 2. The van der Waals surface area contributed by atoms with Crippen LogP contribution in [0.25, 0.3) is 17.0 Å². The Kier molecular flexibility index (Phi) is 12.3. The third kappa shape index (κ3) is 8.32. The Labute approximate surface area is 213 Å². The van der Waals surface area contributed by atoms with Gasteiger partial charge in [0.1, 0.15) is 18.4 Å². The molecule has 2 aromatic carbocycles. The molecule has 0 fully saturated rings. The van der Waals surface area contributed by atoms with Gasteiger partial charge >= 0.3 is 0 Å². The molecule has 0 saturated carbocycles. The monoisotopic (exact) mass is 552 g/mol. The Morgan fingerprint density at radius 3 is 2.52 bits per heavy atom. The summed E-state index contributed by atoms with van der Waals surface area (Å²) in [5, 5.41) is 1.01. The number of hydrogen-bond acceptors (Lipinski definition) is 5. The molecule has 0 aliphatic carbocycles. The smallest absolute Gasteiger partial charge is 0.186 e. The van der Waals surface area contributed by atoms with Crippen molar-refractivity contribution in [2.75, 3.05) is 19.6 Å². The van der Waals surface area contributed by atoms with Crippen molar-refractivity contribution in [1.29, 1.82) is 0 Å². The van der Waals surface area contributed by atoms with Gasteiger partial charge in [0.2, 0.25) is 0 Å². The first-order valence-electron chi connectivity index (χ1n) is 11.0. The van der Waals surface area contributed by atoms with Gasteiger partial charge < -0.3 is 18.4 Å². The zero-order valence-corrected chi connectivity index (χ0v) is 23.2. The van der Waals surface area contributed by atoms with E-state index in [-0.39, 0.29) is 0 Å². The van der Waals surface area contributed by atoms with Crippen LogP contribution in [-0.2, 0) is 17.8 Å². The van der Waals surface area contributed by atoms with E-state index in [9.17, 15) is 4.55 Å². The lowest BCUT2D eigenvalue weighted by molar-refractivity contribution is 0.284. The molecule has 0 radical (unpaired) electrons. The van der Waals surface area contributed by atoms with Crippen molar-refractivity contribution in [3.63, 3.8) is 0 Å². The molecule has 0 N–H and O–H groups in total. The SMILES string of the molecule is CCCCCC.COc1cccc(C=C(SC)[S+](C)[O-])c1OCc1cc(Br)c2occc2c1. The van der Waals surface area contributed by atoms with Crippen LogP contribution in [0.5, 0.6) is 11.5 Å². The summed E-state index contributed by atoms with van der Waals surface area (Å²) in [6.07, 6.45) is 12.7. The average Bonchev–Trinajstić information content (AvgIpc) is 3.29. The first-order valence-corrected chi connectivity index (χ1v) is 14.6. The van der Waals surface area contributed by atoms with Gasteiger partial charge in [-0.05, 0) is 63.2 Å². The third-order valence-electron chi connectivity index (χ3n) is 4.89. The van der Waals surface area contributed by atoms with Crippen molar-refractivity contribution >= 4 is 55.9 Å². The van der Waals surface area contributed by atoms with E-state index in [1.54, 1.807) is 19.6 Å². The van der Waals surface area contributed by atoms with Gasteiger partial charge in [-0.15, -0.1) is 0 Å². The van der Waals surface area contributed by atoms with Gasteiger partial charge in [-0.3, -0.25) is 0 Å². The fraction of sp³-hybridized carbons (Fsp3) is 0.385. The lowest BCUT2D eigenvalue weighted by Crippen LogP contribution is -2.01. The van der Waals surface area contributed by atoms with Gasteiger partial charge in [0, 0.05) is 17.0 Å². The van der Waals surface area contributed by atoms with Gasteiger partial charge in [0.25, 0.3) is 0 Å². The van der Waals surface area contributed by atoms with Gasteiger partial charge in [0.15, 0.2) is 15.7 Å². The van der Waals surface area contributed by atoms with Crippen LogP contribution < -0.4 is 9.47 Å². The van der Waals surface area contributed by atoms with Crippen molar-refractivity contribution < 1.29 is 18.4 Å². The molecule has 1 heterocycles. The predicted molar refractivity (Wildman–Crippen MR) is 147 cm³/mol. The lowest BCUT2D eigenvalue weighted by Gasteiger charge is -2.14. The summed E-state index contributed by atoms with van der Waals surface area (Å²) < 4.78 is 30.6. The number of rotatable bonds is 10. The molecule has 0 saturated heterocycles. The van der Waals surface area contributed by atoms with Crippen LogP contribution in [0.15, 0.2) is 55.8 Å². The van der Waals surface area contributed by atoms with E-state index >= 15 is 0 Å². The zero-order chi connectivity index (χ0) is 24.2. The van der Waals surface area contributed by atoms with Crippen LogP contribution in [-0.4, -0.2) is 24.2 Å². The summed E-state index contributed by atoms with van der Waals surface area (Å²) in [5.74, 6) is 1.26. The highest BCUT2D eigenvalue weighted by Crippen LogP contribution is 2.35. The average molecular weight is 554 g/mol. The number of methoxy groups -OCH3 is 1. The molecule has 180 valence electrons. The number of hydrogen-bond donors (Lipinski definition) is 0. The van der Waals surface area contributed by atoms with Crippen molar-refractivity contribution in [2.45, 2.75) is 46.1 Å². The molecule has 0 bridgehead atoms. The van der Waals surface area contributed by atoms with Crippen LogP contribution >= 0.6 is 27.7 Å². The summed E-state index contributed by atoms with van der Waals surface area (Å²) in [6, 6.07) is 11.6. The molecule has 1 atom stereocenters. The highest BCUT2D eigenvalue weighted by Gasteiger charge is 2.14. The van der Waals surface area contributed by atoms with E-state index in [0.29, 0.717) is 18.1 Å². The third-order valence-corrected chi connectivity index (χ3v) is 7.89. The molecule has 3 aromatic rings. The molecule has 3 rings (SSSR count). The van der Waals surface area contributed by atoms with Gasteiger partial charge in [-0.1, -0.05) is 63.4 Å². The topological polar surface area (TPSA) is 54.7 Å². The quantitative estimate of drug-likeness (QED) is 0.186. The zero-order valence-electron chi connectivity index (χ0n) is 20.0. The van der Waals surface area contributed by atoms with Crippen LogP contribution in [0.2, 0.25) is 0 Å². The molecule has 1 unspecified atom stereocenters. The maximum atomic E-state index is 11.9. The Balaban J connectivity index is 0.000000569. The minimum atomic E-state index is -1.06. The Morgan fingerprint density at radius 2 is 1.91 bits per heavy atom. The summed E-state index contributed by atoms with van der Waals surface area (Å²) in [5.41, 5.74) is 2.65. The summed E-state index contributed by atoms with van der Waals surface area (Å²) in [4.78, 5) is 0.